The van der Waals surface area contributed by atoms with Gasteiger partial charge in [0.05, 0.1) is 18.6 Å². The predicted molar refractivity (Wildman–Crippen MR) is 143 cm³/mol. The summed E-state index contributed by atoms with van der Waals surface area (Å²) in [5, 5.41) is 12.8. The Morgan fingerprint density at radius 2 is 1.40 bits per heavy atom. The zero-order valence-electron chi connectivity index (χ0n) is 22.3. The van der Waals surface area contributed by atoms with Crippen molar-refractivity contribution in [3.05, 3.63) is 42.5 Å². The monoisotopic (exact) mass is 486 g/mol. The van der Waals surface area contributed by atoms with E-state index in [-0.39, 0.29) is 19.2 Å². The second kappa shape index (κ2) is 15.1. The zero-order valence-corrected chi connectivity index (χ0v) is 22.3. The van der Waals surface area contributed by atoms with Crippen LogP contribution in [0.25, 0.3) is 10.8 Å². The second-order valence-electron chi connectivity index (χ2n) is 10.5. The predicted octanol–water partition coefficient (Wildman–Crippen LogP) is 7.09. The number of unbranched alkanes of at least 4 members (excludes halogenated alkanes) is 7. The Bertz CT molecular complexity index is 874. The molecule has 0 fully saturated rings. The molecule has 5 heteroatoms. The highest BCUT2D eigenvalue weighted by molar-refractivity contribution is 5.83. The van der Waals surface area contributed by atoms with Crippen LogP contribution in [0.2, 0.25) is 0 Å². The highest BCUT2D eigenvalue weighted by Crippen LogP contribution is 2.23. The average molecular weight is 487 g/mol. The van der Waals surface area contributed by atoms with Crippen molar-refractivity contribution in [2.24, 2.45) is 5.41 Å². The molecule has 2 aromatic rings. The molecule has 0 amide bonds. The first-order valence-electron chi connectivity index (χ1n) is 13.3. The van der Waals surface area contributed by atoms with Crippen LogP contribution in [0.1, 0.15) is 85.5 Å². The summed E-state index contributed by atoms with van der Waals surface area (Å²) in [6, 6.07) is 14.6. The number of ether oxygens (including phenoxy) is 3. The van der Waals surface area contributed by atoms with E-state index in [1.54, 1.807) is 6.92 Å². The Kier molecular flexibility index (Phi) is 12.6. The molecule has 0 bridgehead atoms. The van der Waals surface area contributed by atoms with Crippen molar-refractivity contribution in [3.8, 4) is 5.75 Å². The van der Waals surface area contributed by atoms with Gasteiger partial charge >= 0.3 is 5.97 Å². The summed E-state index contributed by atoms with van der Waals surface area (Å²) >= 11 is 0. The molecule has 0 aliphatic rings. The van der Waals surface area contributed by atoms with Gasteiger partial charge in [-0.05, 0) is 62.9 Å². The summed E-state index contributed by atoms with van der Waals surface area (Å²) in [5.74, 6) is 0.673. The van der Waals surface area contributed by atoms with Crippen molar-refractivity contribution in [2.45, 2.75) is 91.1 Å². The lowest BCUT2D eigenvalue weighted by Crippen LogP contribution is -2.39. The molecular formula is C30H46O5. The number of hydrogen-bond acceptors (Lipinski definition) is 5. The molecule has 0 saturated carbocycles. The number of aliphatic hydroxyl groups is 1. The first-order valence-corrected chi connectivity index (χ1v) is 13.3. The largest absolute Gasteiger partial charge is 0.494 e. The number of rotatable bonds is 18. The number of carbonyl (C=O) groups excluding carboxylic acids is 1. The Morgan fingerprint density at radius 1 is 0.800 bits per heavy atom. The van der Waals surface area contributed by atoms with Gasteiger partial charge in [0.1, 0.15) is 18.0 Å². The summed E-state index contributed by atoms with van der Waals surface area (Å²) in [7, 11) is 0. The van der Waals surface area contributed by atoms with Gasteiger partial charge in [0.2, 0.25) is 0 Å². The lowest BCUT2D eigenvalue weighted by atomic mass is 9.90. The summed E-state index contributed by atoms with van der Waals surface area (Å²) < 4.78 is 16.8. The molecule has 1 unspecified atom stereocenters. The summed E-state index contributed by atoms with van der Waals surface area (Å²) in [4.78, 5) is 12.0. The van der Waals surface area contributed by atoms with E-state index in [0.29, 0.717) is 13.0 Å². The van der Waals surface area contributed by atoms with Gasteiger partial charge < -0.3 is 19.3 Å². The van der Waals surface area contributed by atoms with Crippen LogP contribution in [0.3, 0.4) is 0 Å². The van der Waals surface area contributed by atoms with Gasteiger partial charge in [-0.2, -0.15) is 0 Å². The Labute approximate surface area is 212 Å². The first kappa shape index (κ1) is 29.1. The van der Waals surface area contributed by atoms with Gasteiger partial charge in [-0.25, -0.2) is 0 Å². The summed E-state index contributed by atoms with van der Waals surface area (Å²) in [6.07, 6.45) is 10.1. The van der Waals surface area contributed by atoms with Crippen molar-refractivity contribution >= 4 is 16.7 Å². The van der Waals surface area contributed by atoms with E-state index in [9.17, 15) is 9.90 Å². The van der Waals surface area contributed by atoms with E-state index in [1.807, 2.05) is 20.8 Å². The van der Waals surface area contributed by atoms with Crippen molar-refractivity contribution in [3.63, 3.8) is 0 Å². The third-order valence-corrected chi connectivity index (χ3v) is 6.54. The van der Waals surface area contributed by atoms with Crippen molar-refractivity contribution in [2.75, 3.05) is 26.4 Å². The number of carbonyl (C=O) groups is 1. The number of esters is 1. The number of fused-ring (bicyclic) bond motifs is 1. The fourth-order valence-electron chi connectivity index (χ4n) is 3.71. The third-order valence-electron chi connectivity index (χ3n) is 6.54. The second-order valence-corrected chi connectivity index (χ2v) is 10.5. The van der Waals surface area contributed by atoms with Crippen LogP contribution in [-0.4, -0.2) is 43.1 Å². The van der Waals surface area contributed by atoms with E-state index in [4.69, 9.17) is 14.2 Å². The summed E-state index contributed by atoms with van der Waals surface area (Å²) in [5.41, 5.74) is -1.68. The van der Waals surface area contributed by atoms with Gasteiger partial charge in [-0.1, -0.05) is 75.8 Å². The van der Waals surface area contributed by atoms with Crippen LogP contribution < -0.4 is 4.74 Å². The minimum atomic E-state index is -1.16. The van der Waals surface area contributed by atoms with E-state index in [2.05, 4.69) is 42.5 Å². The molecule has 1 N–H and O–H groups in total. The summed E-state index contributed by atoms with van der Waals surface area (Å²) in [6.45, 7) is 8.82. The molecule has 1 atom stereocenters. The standard InChI is InChI=1S/C30H46O5/c1-5-29(2,3)28(31)35-24-30(4,32)23-33-20-14-10-8-6-7-9-11-15-21-34-27-19-18-25-16-12-13-17-26(25)22-27/h12-13,16-19,22,32H,5-11,14-15,20-21,23-24H2,1-4H3. The third kappa shape index (κ3) is 11.4. The highest BCUT2D eigenvalue weighted by Gasteiger charge is 2.30. The molecule has 5 nitrogen and oxygen atoms in total. The maximum atomic E-state index is 12.0. The normalized spacial score (nSPS) is 13.5. The lowest BCUT2D eigenvalue weighted by molar-refractivity contribution is -0.164. The zero-order chi connectivity index (χ0) is 25.6. The quantitative estimate of drug-likeness (QED) is 0.180. The van der Waals surface area contributed by atoms with E-state index in [1.165, 1.54) is 42.9 Å². The van der Waals surface area contributed by atoms with Crippen LogP contribution in [0, 0.1) is 5.41 Å². The molecular weight excluding hydrogens is 440 g/mol. The lowest BCUT2D eigenvalue weighted by Gasteiger charge is -2.26. The number of hydrogen-bond donors (Lipinski definition) is 1. The Hall–Kier alpha value is -2.11. The molecule has 2 aromatic carbocycles. The van der Waals surface area contributed by atoms with E-state index < -0.39 is 11.0 Å². The van der Waals surface area contributed by atoms with Crippen molar-refractivity contribution < 1.29 is 24.1 Å². The maximum absolute atomic E-state index is 12.0. The first-order chi connectivity index (χ1) is 16.7. The van der Waals surface area contributed by atoms with E-state index in [0.717, 1.165) is 31.6 Å². The van der Waals surface area contributed by atoms with Gasteiger partial charge in [0, 0.05) is 6.61 Å². The molecule has 0 aliphatic heterocycles. The van der Waals surface area contributed by atoms with Crippen LogP contribution in [0.4, 0.5) is 0 Å². The maximum Gasteiger partial charge on any atom is 0.311 e. The molecule has 2 rings (SSSR count). The van der Waals surface area contributed by atoms with Gasteiger partial charge in [-0.3, -0.25) is 4.79 Å². The topological polar surface area (TPSA) is 65.0 Å². The van der Waals surface area contributed by atoms with Crippen molar-refractivity contribution in [1.82, 2.24) is 0 Å². The fourth-order valence-corrected chi connectivity index (χ4v) is 3.71. The molecule has 0 saturated heterocycles. The van der Waals surface area contributed by atoms with Gasteiger partial charge in [0.25, 0.3) is 0 Å². The molecule has 196 valence electrons. The molecule has 0 spiro atoms. The van der Waals surface area contributed by atoms with Gasteiger partial charge in [0.15, 0.2) is 0 Å². The van der Waals surface area contributed by atoms with Gasteiger partial charge in [-0.15, -0.1) is 0 Å². The van der Waals surface area contributed by atoms with Crippen molar-refractivity contribution in [1.29, 1.82) is 0 Å². The highest BCUT2D eigenvalue weighted by atomic mass is 16.6. The average Bonchev–Trinajstić information content (AvgIpc) is 2.85. The smallest absolute Gasteiger partial charge is 0.311 e. The fraction of sp³-hybridized carbons (Fsp3) is 0.633. The van der Waals surface area contributed by atoms with Crippen LogP contribution >= 0.6 is 0 Å². The van der Waals surface area contributed by atoms with Crippen LogP contribution in [-0.2, 0) is 14.3 Å². The minimum Gasteiger partial charge on any atom is -0.494 e. The molecule has 0 heterocycles. The molecule has 35 heavy (non-hydrogen) atoms. The van der Waals surface area contributed by atoms with Crippen LogP contribution in [0.15, 0.2) is 42.5 Å². The van der Waals surface area contributed by atoms with E-state index >= 15 is 0 Å². The number of benzene rings is 2. The molecule has 0 aromatic heterocycles. The molecule has 0 radical (unpaired) electrons. The Balaban J connectivity index is 1.40. The van der Waals surface area contributed by atoms with Crippen LogP contribution in [0.5, 0.6) is 5.75 Å². The molecule has 0 aliphatic carbocycles. The Morgan fingerprint density at radius 3 is 2.06 bits per heavy atom. The SMILES string of the molecule is CCC(C)(C)C(=O)OCC(C)(O)COCCCCCCCCCCOc1ccc2ccccc2c1. The minimum absolute atomic E-state index is 0.0391.